The second-order valence-corrected chi connectivity index (χ2v) is 6.00. The minimum Gasteiger partial charge on any atom is -0.326 e. The number of benzene rings is 2. The fourth-order valence-corrected chi connectivity index (χ4v) is 2.93. The monoisotopic (exact) mass is 323 g/mol. The Kier molecular flexibility index (Phi) is 4.51. The summed E-state index contributed by atoms with van der Waals surface area (Å²) in [7, 11) is 0. The van der Waals surface area contributed by atoms with Crippen molar-refractivity contribution < 1.29 is 9.59 Å². The number of rotatable bonds is 3. The van der Waals surface area contributed by atoms with Crippen molar-refractivity contribution in [3.8, 4) is 0 Å². The second-order valence-electron chi connectivity index (χ2n) is 6.00. The zero-order valence-electron chi connectivity index (χ0n) is 13.9. The van der Waals surface area contributed by atoms with Crippen LogP contribution >= 0.6 is 0 Å². The van der Waals surface area contributed by atoms with Gasteiger partial charge in [-0.05, 0) is 43.5 Å². The number of carbonyl (C=O) groups is 2. The Balaban J connectivity index is 1.63. The minimum atomic E-state index is -0.597. The van der Waals surface area contributed by atoms with Gasteiger partial charge in [-0.1, -0.05) is 36.4 Å². The smallest absolute Gasteiger partial charge is 0.319 e. The lowest BCUT2D eigenvalue weighted by atomic mass is 10.2. The van der Waals surface area contributed by atoms with Gasteiger partial charge in [-0.15, -0.1) is 0 Å². The molecule has 1 heterocycles. The number of hydrogen-bond donors (Lipinski definition) is 2. The van der Waals surface area contributed by atoms with Crippen LogP contribution in [0.4, 0.5) is 16.2 Å². The van der Waals surface area contributed by atoms with Crippen LogP contribution in [-0.2, 0) is 11.2 Å². The number of anilines is 2. The van der Waals surface area contributed by atoms with E-state index in [1.165, 1.54) is 5.56 Å². The molecular formula is C19H21N3O2. The summed E-state index contributed by atoms with van der Waals surface area (Å²) in [6.45, 7) is 4.29. The predicted molar refractivity (Wildman–Crippen MR) is 95.3 cm³/mol. The molecule has 2 aromatic carbocycles. The van der Waals surface area contributed by atoms with Gasteiger partial charge in [0.2, 0.25) is 5.91 Å². The highest BCUT2D eigenvalue weighted by atomic mass is 16.2. The quantitative estimate of drug-likeness (QED) is 0.912. The van der Waals surface area contributed by atoms with E-state index in [1.807, 2.05) is 55.5 Å². The van der Waals surface area contributed by atoms with Crippen LogP contribution in [0.15, 0.2) is 48.5 Å². The molecule has 0 spiro atoms. The van der Waals surface area contributed by atoms with Gasteiger partial charge in [0.15, 0.2) is 0 Å². The predicted octanol–water partition coefficient (Wildman–Crippen LogP) is 3.09. The molecule has 24 heavy (non-hydrogen) atoms. The van der Waals surface area contributed by atoms with E-state index in [1.54, 1.807) is 11.8 Å². The van der Waals surface area contributed by atoms with Crippen LogP contribution in [0.2, 0.25) is 0 Å². The van der Waals surface area contributed by atoms with Crippen molar-refractivity contribution in [3.05, 3.63) is 59.7 Å². The molecular weight excluding hydrogens is 302 g/mol. The topological polar surface area (TPSA) is 61.4 Å². The zero-order valence-corrected chi connectivity index (χ0v) is 13.9. The van der Waals surface area contributed by atoms with E-state index in [-0.39, 0.29) is 11.9 Å². The van der Waals surface area contributed by atoms with E-state index in [9.17, 15) is 9.59 Å². The Hall–Kier alpha value is -2.82. The Morgan fingerprint density at radius 2 is 1.79 bits per heavy atom. The van der Waals surface area contributed by atoms with Gasteiger partial charge >= 0.3 is 6.03 Å². The third kappa shape index (κ3) is 3.25. The molecule has 124 valence electrons. The van der Waals surface area contributed by atoms with Crippen molar-refractivity contribution in [2.75, 3.05) is 16.8 Å². The number of para-hydroxylation sites is 2. The van der Waals surface area contributed by atoms with Gasteiger partial charge in [0.1, 0.15) is 6.04 Å². The molecule has 1 atom stereocenters. The molecule has 0 fully saturated rings. The van der Waals surface area contributed by atoms with E-state index in [0.717, 1.165) is 23.4 Å². The van der Waals surface area contributed by atoms with E-state index in [2.05, 4.69) is 10.6 Å². The maximum absolute atomic E-state index is 12.6. The van der Waals surface area contributed by atoms with E-state index in [0.29, 0.717) is 6.54 Å². The Labute approximate surface area is 141 Å². The summed E-state index contributed by atoms with van der Waals surface area (Å²) in [5.74, 6) is -0.0973. The average Bonchev–Trinajstić information content (AvgIpc) is 3.00. The molecule has 0 unspecified atom stereocenters. The number of nitrogens with one attached hydrogen (secondary N) is 2. The number of aryl methyl sites for hydroxylation is 1. The molecule has 3 rings (SSSR count). The van der Waals surface area contributed by atoms with Crippen LogP contribution < -0.4 is 15.5 Å². The van der Waals surface area contributed by atoms with Crippen molar-refractivity contribution in [3.63, 3.8) is 0 Å². The van der Waals surface area contributed by atoms with Gasteiger partial charge < -0.3 is 15.5 Å². The molecule has 0 bridgehead atoms. The van der Waals surface area contributed by atoms with Crippen LogP contribution in [0, 0.1) is 6.92 Å². The van der Waals surface area contributed by atoms with Crippen molar-refractivity contribution >= 4 is 23.3 Å². The fourth-order valence-electron chi connectivity index (χ4n) is 2.93. The molecule has 1 aliphatic rings. The summed E-state index contributed by atoms with van der Waals surface area (Å²) in [5.41, 5.74) is 3.82. The average molecular weight is 323 g/mol. The Morgan fingerprint density at radius 1 is 1.08 bits per heavy atom. The molecule has 0 saturated carbocycles. The SMILES string of the molecule is Cc1ccccc1NC(=O)N[C@@H](C)C(=O)N1CCc2ccccc21. The van der Waals surface area contributed by atoms with Crippen molar-refractivity contribution in [2.45, 2.75) is 26.3 Å². The van der Waals surface area contributed by atoms with Crippen LogP contribution in [0.3, 0.4) is 0 Å². The lowest BCUT2D eigenvalue weighted by Gasteiger charge is -2.22. The van der Waals surface area contributed by atoms with Crippen molar-refractivity contribution in [1.82, 2.24) is 5.32 Å². The molecule has 2 N–H and O–H groups in total. The minimum absolute atomic E-state index is 0.0973. The van der Waals surface area contributed by atoms with Gasteiger partial charge in [0, 0.05) is 17.9 Å². The van der Waals surface area contributed by atoms with E-state index in [4.69, 9.17) is 0 Å². The molecule has 0 saturated heterocycles. The molecule has 3 amide bonds. The van der Waals surface area contributed by atoms with E-state index < -0.39 is 6.04 Å². The summed E-state index contributed by atoms with van der Waals surface area (Å²) >= 11 is 0. The van der Waals surface area contributed by atoms with Gasteiger partial charge in [-0.2, -0.15) is 0 Å². The van der Waals surface area contributed by atoms with Gasteiger partial charge in [-0.25, -0.2) is 4.79 Å². The van der Waals surface area contributed by atoms with Gasteiger partial charge in [0.25, 0.3) is 0 Å². The molecule has 5 nitrogen and oxygen atoms in total. The lowest BCUT2D eigenvalue weighted by Crippen LogP contribution is -2.47. The first-order valence-corrected chi connectivity index (χ1v) is 8.08. The Bertz CT molecular complexity index is 773. The largest absolute Gasteiger partial charge is 0.326 e. The number of urea groups is 1. The van der Waals surface area contributed by atoms with Crippen LogP contribution in [0.5, 0.6) is 0 Å². The van der Waals surface area contributed by atoms with Crippen molar-refractivity contribution in [2.24, 2.45) is 0 Å². The molecule has 1 aliphatic heterocycles. The highest BCUT2D eigenvalue weighted by Crippen LogP contribution is 2.27. The van der Waals surface area contributed by atoms with Gasteiger partial charge in [0.05, 0.1) is 0 Å². The maximum atomic E-state index is 12.6. The number of hydrogen-bond acceptors (Lipinski definition) is 2. The highest BCUT2D eigenvalue weighted by molar-refractivity contribution is 6.01. The number of fused-ring (bicyclic) bond motifs is 1. The number of nitrogens with zero attached hydrogens (tertiary/aromatic N) is 1. The summed E-state index contributed by atoms with van der Waals surface area (Å²) in [4.78, 5) is 26.5. The molecule has 0 aromatic heterocycles. The lowest BCUT2D eigenvalue weighted by molar-refractivity contribution is -0.119. The van der Waals surface area contributed by atoms with Crippen LogP contribution in [0.25, 0.3) is 0 Å². The molecule has 0 aliphatic carbocycles. The normalized spacial score (nSPS) is 14.0. The standard InChI is InChI=1S/C19H21N3O2/c1-13-7-3-5-9-16(13)21-19(24)20-14(2)18(23)22-12-11-15-8-4-6-10-17(15)22/h3-10,14H,11-12H2,1-2H3,(H2,20,21,24)/t14-/m0/s1. The van der Waals surface area contributed by atoms with Gasteiger partial charge in [-0.3, -0.25) is 4.79 Å². The summed E-state index contributed by atoms with van der Waals surface area (Å²) in [5, 5.41) is 5.51. The number of amides is 3. The summed E-state index contributed by atoms with van der Waals surface area (Å²) in [6, 6.07) is 14.4. The van der Waals surface area contributed by atoms with E-state index >= 15 is 0 Å². The fraction of sp³-hybridized carbons (Fsp3) is 0.263. The molecule has 0 radical (unpaired) electrons. The third-order valence-corrected chi connectivity index (χ3v) is 4.26. The molecule has 2 aromatic rings. The second kappa shape index (κ2) is 6.74. The van der Waals surface area contributed by atoms with Crippen LogP contribution in [-0.4, -0.2) is 24.5 Å². The third-order valence-electron chi connectivity index (χ3n) is 4.26. The first kappa shape index (κ1) is 16.1. The van der Waals surface area contributed by atoms with Crippen molar-refractivity contribution in [1.29, 1.82) is 0 Å². The maximum Gasteiger partial charge on any atom is 0.319 e. The highest BCUT2D eigenvalue weighted by Gasteiger charge is 2.28. The zero-order chi connectivity index (χ0) is 17.1. The number of carbonyl (C=O) groups excluding carboxylic acids is 2. The first-order chi connectivity index (χ1) is 11.6. The molecule has 5 heteroatoms. The summed E-state index contributed by atoms with van der Waals surface area (Å²) in [6.07, 6.45) is 0.851. The van der Waals surface area contributed by atoms with Crippen LogP contribution in [0.1, 0.15) is 18.1 Å². The first-order valence-electron chi connectivity index (χ1n) is 8.08. The summed E-state index contributed by atoms with van der Waals surface area (Å²) < 4.78 is 0. The Morgan fingerprint density at radius 3 is 2.58 bits per heavy atom.